The van der Waals surface area contributed by atoms with Crippen molar-refractivity contribution >= 4 is 11.7 Å². The summed E-state index contributed by atoms with van der Waals surface area (Å²) in [6.45, 7) is 1.62. The molecule has 1 aromatic carbocycles. The van der Waals surface area contributed by atoms with Crippen LogP contribution in [0.1, 0.15) is 18.1 Å². The van der Waals surface area contributed by atoms with Crippen molar-refractivity contribution in [1.82, 2.24) is 4.98 Å². The van der Waals surface area contributed by atoms with E-state index in [-0.39, 0.29) is 0 Å². The summed E-state index contributed by atoms with van der Waals surface area (Å²) in [5.74, 6) is -0.860. The summed E-state index contributed by atoms with van der Waals surface area (Å²) in [5.41, 5.74) is 3.20. The number of pyridine rings is 1. The van der Waals surface area contributed by atoms with Gasteiger partial charge in [-0.15, -0.1) is 0 Å². The van der Waals surface area contributed by atoms with E-state index < -0.39 is 12.0 Å². The number of rotatable bonds is 5. The number of carboxylic acids is 1. The molecule has 0 fully saturated rings. The van der Waals surface area contributed by atoms with Crippen molar-refractivity contribution in [2.75, 3.05) is 5.32 Å². The minimum atomic E-state index is -0.860. The molecule has 1 unspecified atom stereocenters. The summed E-state index contributed by atoms with van der Waals surface area (Å²) in [4.78, 5) is 14.7. The molecule has 4 heteroatoms. The van der Waals surface area contributed by atoms with Gasteiger partial charge >= 0.3 is 5.97 Å². The number of nitrogens with zero attached hydrogens (tertiary/aromatic N) is 1. The first kappa shape index (κ1) is 13.1. The van der Waals surface area contributed by atoms with E-state index in [9.17, 15) is 4.79 Å². The van der Waals surface area contributed by atoms with E-state index in [0.717, 1.165) is 12.1 Å². The lowest BCUT2D eigenvalue weighted by atomic mass is 10.1. The second-order valence-electron chi connectivity index (χ2n) is 4.43. The molecule has 0 bridgehead atoms. The summed E-state index contributed by atoms with van der Waals surface area (Å²) in [6.07, 6.45) is 4.40. The van der Waals surface area contributed by atoms with Gasteiger partial charge in [-0.1, -0.05) is 12.1 Å². The van der Waals surface area contributed by atoms with E-state index in [0.29, 0.717) is 0 Å². The number of carbonyl (C=O) groups is 1. The number of hydrogen-bond donors (Lipinski definition) is 2. The topological polar surface area (TPSA) is 62.2 Å². The summed E-state index contributed by atoms with van der Waals surface area (Å²) in [7, 11) is 0. The SMILES string of the molecule is CC(Nc1ccc(Cc2ccncc2)cc1)C(=O)O. The number of anilines is 1. The van der Waals surface area contributed by atoms with Gasteiger partial charge in [0.1, 0.15) is 6.04 Å². The second kappa shape index (κ2) is 6.00. The summed E-state index contributed by atoms with van der Waals surface area (Å²) < 4.78 is 0. The molecule has 2 aromatic rings. The van der Waals surface area contributed by atoms with Crippen LogP contribution in [0.2, 0.25) is 0 Å². The smallest absolute Gasteiger partial charge is 0.325 e. The molecule has 0 spiro atoms. The highest BCUT2D eigenvalue weighted by atomic mass is 16.4. The van der Waals surface area contributed by atoms with Crippen LogP contribution in [-0.4, -0.2) is 22.1 Å². The standard InChI is InChI=1S/C15H16N2O2/c1-11(15(18)19)17-14-4-2-12(3-5-14)10-13-6-8-16-9-7-13/h2-9,11,17H,10H2,1H3,(H,18,19). The fourth-order valence-electron chi connectivity index (χ4n) is 1.77. The summed E-state index contributed by atoms with van der Waals surface area (Å²) >= 11 is 0. The van der Waals surface area contributed by atoms with Gasteiger partial charge in [0.15, 0.2) is 0 Å². The molecule has 98 valence electrons. The molecule has 2 rings (SSSR count). The highest BCUT2D eigenvalue weighted by Crippen LogP contribution is 2.14. The fraction of sp³-hybridized carbons (Fsp3) is 0.200. The van der Waals surface area contributed by atoms with Gasteiger partial charge in [-0.2, -0.15) is 0 Å². The zero-order valence-corrected chi connectivity index (χ0v) is 10.7. The minimum Gasteiger partial charge on any atom is -0.480 e. The summed E-state index contributed by atoms with van der Waals surface area (Å²) in [5, 5.41) is 11.7. The Morgan fingerprint density at radius 1 is 1.16 bits per heavy atom. The van der Waals surface area contributed by atoms with Gasteiger partial charge in [-0.3, -0.25) is 9.78 Å². The van der Waals surface area contributed by atoms with Crippen molar-refractivity contribution < 1.29 is 9.90 Å². The molecule has 0 aliphatic carbocycles. The first-order chi connectivity index (χ1) is 9.15. The van der Waals surface area contributed by atoms with E-state index in [1.807, 2.05) is 36.4 Å². The largest absolute Gasteiger partial charge is 0.480 e. The maximum Gasteiger partial charge on any atom is 0.325 e. The van der Waals surface area contributed by atoms with Crippen molar-refractivity contribution in [3.63, 3.8) is 0 Å². The maximum atomic E-state index is 10.7. The lowest BCUT2D eigenvalue weighted by Gasteiger charge is -2.11. The van der Waals surface area contributed by atoms with Crippen molar-refractivity contribution in [2.45, 2.75) is 19.4 Å². The lowest BCUT2D eigenvalue weighted by molar-refractivity contribution is -0.137. The Morgan fingerprint density at radius 3 is 2.32 bits per heavy atom. The van der Waals surface area contributed by atoms with E-state index in [4.69, 9.17) is 5.11 Å². The quantitative estimate of drug-likeness (QED) is 0.863. The highest BCUT2D eigenvalue weighted by Gasteiger charge is 2.09. The molecule has 0 aliphatic heterocycles. The molecule has 1 atom stereocenters. The van der Waals surface area contributed by atoms with Crippen LogP contribution in [-0.2, 0) is 11.2 Å². The monoisotopic (exact) mass is 256 g/mol. The molecular formula is C15H16N2O2. The molecule has 1 heterocycles. The van der Waals surface area contributed by atoms with E-state index >= 15 is 0 Å². The first-order valence-electron chi connectivity index (χ1n) is 6.12. The Balaban J connectivity index is 2.01. The van der Waals surface area contributed by atoms with Crippen LogP contribution in [0.15, 0.2) is 48.8 Å². The maximum absolute atomic E-state index is 10.7. The molecule has 1 aromatic heterocycles. The average molecular weight is 256 g/mol. The van der Waals surface area contributed by atoms with Crippen LogP contribution in [0, 0.1) is 0 Å². The second-order valence-corrected chi connectivity index (χ2v) is 4.43. The number of aromatic nitrogens is 1. The Bertz CT molecular complexity index is 538. The third kappa shape index (κ3) is 3.81. The number of carboxylic acid groups (broad SMARTS) is 1. The van der Waals surface area contributed by atoms with Crippen molar-refractivity contribution in [2.24, 2.45) is 0 Å². The molecule has 2 N–H and O–H groups in total. The molecule has 0 amide bonds. The number of nitrogens with one attached hydrogen (secondary N) is 1. The van der Waals surface area contributed by atoms with Crippen LogP contribution in [0.4, 0.5) is 5.69 Å². The zero-order chi connectivity index (χ0) is 13.7. The van der Waals surface area contributed by atoms with E-state index in [1.165, 1.54) is 11.1 Å². The van der Waals surface area contributed by atoms with Crippen LogP contribution >= 0.6 is 0 Å². The van der Waals surface area contributed by atoms with Gasteiger partial charge in [0, 0.05) is 18.1 Å². The fourth-order valence-corrected chi connectivity index (χ4v) is 1.77. The molecule has 4 nitrogen and oxygen atoms in total. The zero-order valence-electron chi connectivity index (χ0n) is 10.7. The van der Waals surface area contributed by atoms with E-state index in [1.54, 1.807) is 19.3 Å². The number of hydrogen-bond acceptors (Lipinski definition) is 3. The first-order valence-corrected chi connectivity index (χ1v) is 6.12. The van der Waals surface area contributed by atoms with Gasteiger partial charge < -0.3 is 10.4 Å². The highest BCUT2D eigenvalue weighted by molar-refractivity contribution is 5.76. The average Bonchev–Trinajstić information content (AvgIpc) is 2.42. The molecule has 0 saturated carbocycles. The molecule has 19 heavy (non-hydrogen) atoms. The predicted octanol–water partition coefficient (Wildman–Crippen LogP) is 2.56. The van der Waals surface area contributed by atoms with Crippen molar-refractivity contribution in [3.05, 3.63) is 59.9 Å². The van der Waals surface area contributed by atoms with E-state index in [2.05, 4.69) is 10.3 Å². The Kier molecular flexibility index (Phi) is 4.13. The molecule has 0 saturated heterocycles. The van der Waals surface area contributed by atoms with Gasteiger partial charge in [-0.05, 0) is 48.7 Å². The third-order valence-corrected chi connectivity index (χ3v) is 2.87. The van der Waals surface area contributed by atoms with Gasteiger partial charge in [-0.25, -0.2) is 0 Å². The van der Waals surface area contributed by atoms with Crippen LogP contribution in [0.3, 0.4) is 0 Å². The lowest BCUT2D eigenvalue weighted by Crippen LogP contribution is -2.25. The van der Waals surface area contributed by atoms with Crippen LogP contribution < -0.4 is 5.32 Å². The number of benzene rings is 1. The normalized spacial score (nSPS) is 11.8. The molecular weight excluding hydrogens is 240 g/mol. The predicted molar refractivity (Wildman–Crippen MR) is 74.2 cm³/mol. The van der Waals surface area contributed by atoms with Gasteiger partial charge in [0.05, 0.1) is 0 Å². The van der Waals surface area contributed by atoms with Crippen LogP contribution in [0.25, 0.3) is 0 Å². The van der Waals surface area contributed by atoms with Gasteiger partial charge in [0.25, 0.3) is 0 Å². The van der Waals surface area contributed by atoms with Crippen molar-refractivity contribution in [1.29, 1.82) is 0 Å². The molecule has 0 radical (unpaired) electrons. The number of aliphatic carboxylic acids is 1. The Hall–Kier alpha value is -2.36. The Morgan fingerprint density at radius 2 is 1.74 bits per heavy atom. The third-order valence-electron chi connectivity index (χ3n) is 2.87. The van der Waals surface area contributed by atoms with Gasteiger partial charge in [0.2, 0.25) is 0 Å². The minimum absolute atomic E-state index is 0.592. The molecule has 0 aliphatic rings. The Labute approximate surface area is 112 Å². The van der Waals surface area contributed by atoms with Crippen LogP contribution in [0.5, 0.6) is 0 Å². The summed E-state index contributed by atoms with van der Waals surface area (Å²) in [6, 6.07) is 11.2. The van der Waals surface area contributed by atoms with Crippen molar-refractivity contribution in [3.8, 4) is 0 Å².